The number of hydrogen-bond donors (Lipinski definition) is 1. The molecule has 120 valence electrons. The molecule has 3 rings (SSSR count). The van der Waals surface area contributed by atoms with E-state index in [1.807, 2.05) is 24.3 Å². The molecule has 6 heteroatoms. The smallest absolute Gasteiger partial charge is 0.225 e. The van der Waals surface area contributed by atoms with Crippen LogP contribution >= 0.6 is 11.6 Å². The Balaban J connectivity index is 1.58. The van der Waals surface area contributed by atoms with E-state index in [1.165, 1.54) is 0 Å². The van der Waals surface area contributed by atoms with Crippen molar-refractivity contribution in [2.45, 2.75) is 19.4 Å². The largest absolute Gasteiger partial charge is 0.352 e. The summed E-state index contributed by atoms with van der Waals surface area (Å²) in [5, 5.41) is 3.67. The highest BCUT2D eigenvalue weighted by molar-refractivity contribution is 6.31. The van der Waals surface area contributed by atoms with E-state index in [0.29, 0.717) is 24.1 Å². The Kier molecular flexibility index (Phi) is 5.08. The molecule has 1 aliphatic heterocycles. The zero-order valence-corrected chi connectivity index (χ0v) is 13.5. The SMILES string of the molecule is O=C(NCc1ccccc1Cl)[C@H]1CCCN(c2ncccn2)C1. The number of halogens is 1. The van der Waals surface area contributed by atoms with E-state index in [1.54, 1.807) is 18.5 Å². The second-order valence-electron chi connectivity index (χ2n) is 5.64. The van der Waals surface area contributed by atoms with Crippen molar-refractivity contribution in [3.63, 3.8) is 0 Å². The first-order valence-corrected chi connectivity index (χ1v) is 8.15. The van der Waals surface area contributed by atoms with Crippen LogP contribution in [0.15, 0.2) is 42.7 Å². The first-order chi connectivity index (χ1) is 11.2. The lowest BCUT2D eigenvalue weighted by Gasteiger charge is -2.31. The summed E-state index contributed by atoms with van der Waals surface area (Å²) >= 11 is 6.12. The molecular formula is C17H19ClN4O. The van der Waals surface area contributed by atoms with Gasteiger partial charge in [0, 0.05) is 37.1 Å². The molecule has 1 aromatic heterocycles. The standard InChI is InChI=1S/C17H19ClN4O/c18-15-7-2-1-5-13(15)11-21-16(23)14-6-3-10-22(12-14)17-19-8-4-9-20-17/h1-2,4-5,7-9,14H,3,6,10-12H2,(H,21,23)/t14-/m0/s1. The Labute approximate surface area is 140 Å². The maximum Gasteiger partial charge on any atom is 0.225 e. The first-order valence-electron chi connectivity index (χ1n) is 7.77. The maximum absolute atomic E-state index is 12.4. The minimum Gasteiger partial charge on any atom is -0.352 e. The molecule has 2 heterocycles. The van der Waals surface area contributed by atoms with E-state index in [9.17, 15) is 4.79 Å². The number of nitrogens with zero attached hydrogens (tertiary/aromatic N) is 3. The molecule has 0 bridgehead atoms. The van der Waals surface area contributed by atoms with Crippen LogP contribution in [0.5, 0.6) is 0 Å². The summed E-state index contributed by atoms with van der Waals surface area (Å²) in [4.78, 5) is 23.0. The second kappa shape index (κ2) is 7.42. The fraction of sp³-hybridized carbons (Fsp3) is 0.353. The van der Waals surface area contributed by atoms with Gasteiger partial charge in [-0.2, -0.15) is 0 Å². The van der Waals surface area contributed by atoms with Gasteiger partial charge in [-0.1, -0.05) is 29.8 Å². The number of aromatic nitrogens is 2. The molecule has 1 fully saturated rings. The number of hydrogen-bond acceptors (Lipinski definition) is 4. The Morgan fingerprint density at radius 3 is 2.83 bits per heavy atom. The number of carbonyl (C=O) groups excluding carboxylic acids is 1. The molecule has 23 heavy (non-hydrogen) atoms. The predicted octanol–water partition coefficient (Wildman–Crippen LogP) is 2.66. The van der Waals surface area contributed by atoms with Crippen LogP contribution < -0.4 is 10.2 Å². The lowest BCUT2D eigenvalue weighted by atomic mass is 9.97. The first kappa shape index (κ1) is 15.7. The number of amides is 1. The van der Waals surface area contributed by atoms with E-state index in [2.05, 4.69) is 20.2 Å². The average Bonchev–Trinajstić information content (AvgIpc) is 2.62. The van der Waals surface area contributed by atoms with Gasteiger partial charge < -0.3 is 10.2 Å². The Morgan fingerprint density at radius 2 is 2.04 bits per heavy atom. The minimum absolute atomic E-state index is 0.0463. The summed E-state index contributed by atoms with van der Waals surface area (Å²) in [6, 6.07) is 9.35. The zero-order chi connectivity index (χ0) is 16.1. The summed E-state index contributed by atoms with van der Waals surface area (Å²) in [6.45, 7) is 1.99. The Hall–Kier alpha value is -2.14. The highest BCUT2D eigenvalue weighted by atomic mass is 35.5. The molecule has 0 aliphatic carbocycles. The third kappa shape index (κ3) is 3.99. The van der Waals surface area contributed by atoms with Crippen molar-refractivity contribution < 1.29 is 4.79 Å². The summed E-state index contributed by atoms with van der Waals surface area (Å²) in [5.41, 5.74) is 0.932. The van der Waals surface area contributed by atoms with Gasteiger partial charge in [0.15, 0.2) is 0 Å². The van der Waals surface area contributed by atoms with Gasteiger partial charge in [-0.15, -0.1) is 0 Å². The van der Waals surface area contributed by atoms with Crippen LogP contribution in [0.25, 0.3) is 0 Å². The maximum atomic E-state index is 12.4. The normalized spacial score (nSPS) is 17.8. The minimum atomic E-state index is -0.0463. The van der Waals surface area contributed by atoms with Crippen molar-refractivity contribution in [1.82, 2.24) is 15.3 Å². The summed E-state index contributed by atoms with van der Waals surface area (Å²) in [5.74, 6) is 0.705. The number of nitrogens with one attached hydrogen (secondary N) is 1. The predicted molar refractivity (Wildman–Crippen MR) is 90.3 cm³/mol. The fourth-order valence-electron chi connectivity index (χ4n) is 2.80. The fourth-order valence-corrected chi connectivity index (χ4v) is 3.00. The van der Waals surface area contributed by atoms with Gasteiger partial charge in [-0.25, -0.2) is 9.97 Å². The van der Waals surface area contributed by atoms with Gasteiger partial charge >= 0.3 is 0 Å². The van der Waals surface area contributed by atoms with Gasteiger partial charge in [-0.3, -0.25) is 4.79 Å². The van der Waals surface area contributed by atoms with Crippen LogP contribution in [0.4, 0.5) is 5.95 Å². The molecule has 1 saturated heterocycles. The van der Waals surface area contributed by atoms with Crippen molar-refractivity contribution >= 4 is 23.5 Å². The van der Waals surface area contributed by atoms with E-state index in [0.717, 1.165) is 24.9 Å². The summed E-state index contributed by atoms with van der Waals surface area (Å²) in [6.07, 6.45) is 5.30. The molecule has 1 aliphatic rings. The van der Waals surface area contributed by atoms with Crippen molar-refractivity contribution in [2.75, 3.05) is 18.0 Å². The van der Waals surface area contributed by atoms with Crippen LogP contribution in [0.2, 0.25) is 5.02 Å². The van der Waals surface area contributed by atoms with E-state index in [-0.39, 0.29) is 11.8 Å². The van der Waals surface area contributed by atoms with Crippen LogP contribution in [0.1, 0.15) is 18.4 Å². The molecule has 2 aromatic rings. The van der Waals surface area contributed by atoms with E-state index >= 15 is 0 Å². The van der Waals surface area contributed by atoms with Gasteiger partial charge in [-0.05, 0) is 30.5 Å². The highest BCUT2D eigenvalue weighted by Gasteiger charge is 2.26. The molecule has 5 nitrogen and oxygen atoms in total. The Morgan fingerprint density at radius 1 is 1.26 bits per heavy atom. The average molecular weight is 331 g/mol. The lowest BCUT2D eigenvalue weighted by Crippen LogP contribution is -2.43. The second-order valence-corrected chi connectivity index (χ2v) is 6.05. The number of piperidine rings is 1. The van der Waals surface area contributed by atoms with Crippen molar-refractivity contribution in [2.24, 2.45) is 5.92 Å². The zero-order valence-electron chi connectivity index (χ0n) is 12.8. The topological polar surface area (TPSA) is 58.1 Å². The molecule has 0 unspecified atom stereocenters. The summed E-state index contributed by atoms with van der Waals surface area (Å²) < 4.78 is 0. The number of benzene rings is 1. The van der Waals surface area contributed by atoms with Crippen molar-refractivity contribution in [3.8, 4) is 0 Å². The van der Waals surface area contributed by atoms with Crippen LogP contribution in [-0.4, -0.2) is 29.0 Å². The van der Waals surface area contributed by atoms with Crippen LogP contribution in [0.3, 0.4) is 0 Å². The molecule has 0 radical (unpaired) electrons. The van der Waals surface area contributed by atoms with Crippen LogP contribution in [0, 0.1) is 5.92 Å². The summed E-state index contributed by atoms with van der Waals surface area (Å²) in [7, 11) is 0. The number of carbonyl (C=O) groups is 1. The number of anilines is 1. The molecule has 1 aromatic carbocycles. The third-order valence-electron chi connectivity index (χ3n) is 4.04. The monoisotopic (exact) mass is 330 g/mol. The van der Waals surface area contributed by atoms with Gasteiger partial charge in [0.1, 0.15) is 0 Å². The van der Waals surface area contributed by atoms with Crippen LogP contribution in [-0.2, 0) is 11.3 Å². The quantitative estimate of drug-likeness (QED) is 0.936. The third-order valence-corrected chi connectivity index (χ3v) is 4.41. The van der Waals surface area contributed by atoms with Gasteiger partial charge in [0.2, 0.25) is 11.9 Å². The Bertz CT molecular complexity index is 665. The number of rotatable bonds is 4. The molecule has 1 atom stereocenters. The molecular weight excluding hydrogens is 312 g/mol. The van der Waals surface area contributed by atoms with Crippen molar-refractivity contribution in [1.29, 1.82) is 0 Å². The molecule has 1 amide bonds. The lowest BCUT2D eigenvalue weighted by molar-refractivity contribution is -0.125. The molecule has 0 saturated carbocycles. The van der Waals surface area contributed by atoms with Gasteiger partial charge in [0.25, 0.3) is 0 Å². The van der Waals surface area contributed by atoms with E-state index < -0.39 is 0 Å². The van der Waals surface area contributed by atoms with Gasteiger partial charge in [0.05, 0.1) is 5.92 Å². The highest BCUT2D eigenvalue weighted by Crippen LogP contribution is 2.20. The molecule has 0 spiro atoms. The molecule has 1 N–H and O–H groups in total. The van der Waals surface area contributed by atoms with Crippen molar-refractivity contribution in [3.05, 3.63) is 53.3 Å². The van der Waals surface area contributed by atoms with E-state index in [4.69, 9.17) is 11.6 Å².